The van der Waals surface area contributed by atoms with Crippen molar-refractivity contribution < 1.29 is 4.79 Å². The highest BCUT2D eigenvalue weighted by atomic mass is 32.1. The predicted molar refractivity (Wildman–Crippen MR) is 91.8 cm³/mol. The van der Waals surface area contributed by atoms with Crippen LogP contribution in [0.5, 0.6) is 0 Å². The third kappa shape index (κ3) is 3.85. The second-order valence-electron chi connectivity index (χ2n) is 5.95. The van der Waals surface area contributed by atoms with Crippen LogP contribution in [0.4, 0.5) is 5.13 Å². The van der Waals surface area contributed by atoms with Crippen molar-refractivity contribution in [3.8, 4) is 0 Å². The second kappa shape index (κ2) is 6.50. The van der Waals surface area contributed by atoms with Crippen molar-refractivity contribution in [1.82, 2.24) is 24.5 Å². The van der Waals surface area contributed by atoms with Crippen LogP contribution in [-0.2, 0) is 25.1 Å². The van der Waals surface area contributed by atoms with Crippen molar-refractivity contribution in [1.29, 1.82) is 0 Å². The van der Waals surface area contributed by atoms with E-state index in [0.29, 0.717) is 21.8 Å². The maximum absolute atomic E-state index is 11.8. The summed E-state index contributed by atoms with van der Waals surface area (Å²) in [5, 5.41) is 9.43. The maximum Gasteiger partial charge on any atom is 0.225 e. The molecule has 3 rings (SSSR count). The van der Waals surface area contributed by atoms with Crippen LogP contribution < -0.4 is 4.90 Å². The summed E-state index contributed by atoms with van der Waals surface area (Å²) in [6.07, 6.45) is 5.94. The monoisotopic (exact) mass is 352 g/mol. The molecule has 2 aromatic heterocycles. The van der Waals surface area contributed by atoms with Crippen molar-refractivity contribution in [2.24, 2.45) is 7.05 Å². The molecule has 2 aromatic rings. The quantitative estimate of drug-likeness (QED) is 0.745. The van der Waals surface area contributed by atoms with E-state index in [0.717, 1.165) is 24.9 Å². The molecule has 0 saturated heterocycles. The lowest BCUT2D eigenvalue weighted by molar-refractivity contribution is -0.116. The zero-order chi connectivity index (χ0) is 16.6. The second-order valence-corrected chi connectivity index (χ2v) is 7.55. The first-order chi connectivity index (χ1) is 10.9. The smallest absolute Gasteiger partial charge is 0.225 e. The number of rotatable bonds is 6. The van der Waals surface area contributed by atoms with E-state index < -0.39 is 0 Å². The number of carbonyl (C=O) groups excluding carboxylic acids is 1. The lowest BCUT2D eigenvalue weighted by atomic mass is 10.3. The summed E-state index contributed by atoms with van der Waals surface area (Å²) in [5.74, 6) is 0.0344. The fraction of sp³-hybridized carbons (Fsp3) is 0.571. The summed E-state index contributed by atoms with van der Waals surface area (Å²) in [5.41, 5.74) is 1.14. The summed E-state index contributed by atoms with van der Waals surface area (Å²) in [6, 6.07) is 0.301. The molecular weight excluding hydrogens is 332 g/mol. The fourth-order valence-corrected chi connectivity index (χ4v) is 3.70. The average Bonchev–Trinajstić information content (AvgIpc) is 3.10. The molecule has 9 heteroatoms. The number of aromatic nitrogens is 4. The Morgan fingerprint density at radius 2 is 2.26 bits per heavy atom. The van der Waals surface area contributed by atoms with Crippen LogP contribution in [0.25, 0.3) is 0 Å². The first kappa shape index (κ1) is 16.3. The Morgan fingerprint density at radius 3 is 2.83 bits per heavy atom. The highest BCUT2D eigenvalue weighted by Crippen LogP contribution is 2.33. The van der Waals surface area contributed by atoms with Crippen molar-refractivity contribution in [3.05, 3.63) is 21.9 Å². The summed E-state index contributed by atoms with van der Waals surface area (Å²) in [4.78, 5) is 15.7. The van der Waals surface area contributed by atoms with Gasteiger partial charge in [-0.1, -0.05) is 11.3 Å². The Morgan fingerprint density at radius 1 is 1.52 bits per heavy atom. The van der Waals surface area contributed by atoms with Gasteiger partial charge in [0.1, 0.15) is 0 Å². The molecule has 0 atom stereocenters. The number of amides is 1. The molecule has 1 aliphatic rings. The molecule has 1 aliphatic carbocycles. The van der Waals surface area contributed by atoms with Crippen LogP contribution in [0.1, 0.15) is 25.3 Å². The van der Waals surface area contributed by atoms with Gasteiger partial charge in [-0.3, -0.25) is 19.3 Å². The number of aryl methyl sites for hydroxylation is 1. The van der Waals surface area contributed by atoms with Crippen molar-refractivity contribution in [2.45, 2.75) is 39.0 Å². The third-order valence-corrected chi connectivity index (χ3v) is 4.95. The van der Waals surface area contributed by atoms with Gasteiger partial charge in [0.15, 0.2) is 3.95 Å². The van der Waals surface area contributed by atoms with Gasteiger partial charge < -0.3 is 0 Å². The summed E-state index contributed by atoms with van der Waals surface area (Å²) in [7, 11) is 3.91. The normalized spacial score (nSPS) is 14.4. The SMILES string of the molecule is CC(=O)N(c1nn(CN(C)Cc2cnn(C)c2)c(=S)s1)C1CC1. The van der Waals surface area contributed by atoms with Crippen LogP contribution in [0.2, 0.25) is 0 Å². The number of anilines is 1. The largest absolute Gasteiger partial charge is 0.284 e. The molecule has 7 nitrogen and oxygen atoms in total. The van der Waals surface area contributed by atoms with E-state index in [9.17, 15) is 4.79 Å². The Bertz CT molecular complexity index is 759. The minimum absolute atomic E-state index is 0.0344. The summed E-state index contributed by atoms with van der Waals surface area (Å²) in [6.45, 7) is 2.93. The molecule has 0 bridgehead atoms. The molecule has 1 amide bonds. The molecule has 1 saturated carbocycles. The lowest BCUT2D eigenvalue weighted by Gasteiger charge is -2.17. The molecule has 0 unspecified atom stereocenters. The van der Waals surface area contributed by atoms with Crippen molar-refractivity contribution >= 4 is 34.6 Å². The van der Waals surface area contributed by atoms with Crippen molar-refractivity contribution in [3.63, 3.8) is 0 Å². The molecule has 0 N–H and O–H groups in total. The van der Waals surface area contributed by atoms with Gasteiger partial charge in [-0.05, 0) is 32.1 Å². The zero-order valence-electron chi connectivity index (χ0n) is 13.5. The van der Waals surface area contributed by atoms with E-state index in [1.165, 1.54) is 11.3 Å². The van der Waals surface area contributed by atoms with Gasteiger partial charge in [0.2, 0.25) is 11.0 Å². The van der Waals surface area contributed by atoms with Crippen LogP contribution in [0.3, 0.4) is 0 Å². The maximum atomic E-state index is 11.8. The Labute approximate surface area is 144 Å². The molecule has 0 aromatic carbocycles. The van der Waals surface area contributed by atoms with Crippen LogP contribution >= 0.6 is 23.6 Å². The average molecular weight is 352 g/mol. The first-order valence-electron chi connectivity index (χ1n) is 7.48. The van der Waals surface area contributed by atoms with E-state index in [2.05, 4.69) is 15.1 Å². The van der Waals surface area contributed by atoms with Crippen LogP contribution in [0, 0.1) is 3.95 Å². The Kier molecular flexibility index (Phi) is 4.60. The summed E-state index contributed by atoms with van der Waals surface area (Å²) < 4.78 is 4.25. The molecule has 0 radical (unpaired) electrons. The molecular formula is C14H20N6OS2. The van der Waals surface area contributed by atoms with E-state index in [1.54, 1.807) is 21.2 Å². The van der Waals surface area contributed by atoms with E-state index in [-0.39, 0.29) is 5.91 Å². The zero-order valence-corrected chi connectivity index (χ0v) is 15.1. The molecule has 0 spiro atoms. The van der Waals surface area contributed by atoms with Crippen LogP contribution in [0.15, 0.2) is 12.4 Å². The topological polar surface area (TPSA) is 59.2 Å². The number of hydrogen-bond acceptors (Lipinski definition) is 6. The fourth-order valence-electron chi connectivity index (χ4n) is 2.51. The molecule has 0 aliphatic heterocycles. The highest BCUT2D eigenvalue weighted by molar-refractivity contribution is 7.73. The standard InChI is InChI=1S/C14H20N6OS2/c1-10(21)20(12-4-5-12)13-16-19(14(22)23-13)9-17(2)7-11-6-15-18(3)8-11/h6,8,12H,4-5,7,9H2,1-3H3. The molecule has 23 heavy (non-hydrogen) atoms. The van der Waals surface area contributed by atoms with Crippen molar-refractivity contribution in [2.75, 3.05) is 11.9 Å². The van der Waals surface area contributed by atoms with E-state index in [4.69, 9.17) is 12.2 Å². The van der Waals surface area contributed by atoms with Gasteiger partial charge in [-0.15, -0.1) is 5.10 Å². The van der Waals surface area contributed by atoms with Gasteiger partial charge in [0.05, 0.1) is 12.9 Å². The number of nitrogens with zero attached hydrogens (tertiary/aromatic N) is 6. The molecule has 124 valence electrons. The van der Waals surface area contributed by atoms with Gasteiger partial charge in [-0.2, -0.15) is 5.10 Å². The first-order valence-corrected chi connectivity index (χ1v) is 8.70. The number of carbonyl (C=O) groups is 1. The molecule has 2 heterocycles. The van der Waals surface area contributed by atoms with Gasteiger partial charge in [0, 0.05) is 38.3 Å². The third-order valence-electron chi connectivity index (χ3n) is 3.64. The van der Waals surface area contributed by atoms with Gasteiger partial charge in [-0.25, -0.2) is 4.68 Å². The van der Waals surface area contributed by atoms with Crippen LogP contribution in [-0.4, -0.2) is 43.5 Å². The lowest BCUT2D eigenvalue weighted by Crippen LogP contribution is -2.31. The Hall–Kier alpha value is -1.58. The van der Waals surface area contributed by atoms with E-state index in [1.807, 2.05) is 26.5 Å². The van der Waals surface area contributed by atoms with Gasteiger partial charge >= 0.3 is 0 Å². The minimum atomic E-state index is 0.0344. The highest BCUT2D eigenvalue weighted by Gasteiger charge is 2.34. The number of hydrogen-bond donors (Lipinski definition) is 0. The van der Waals surface area contributed by atoms with E-state index >= 15 is 0 Å². The minimum Gasteiger partial charge on any atom is -0.284 e. The predicted octanol–water partition coefficient (Wildman–Crippen LogP) is 2.01. The Balaban J connectivity index is 1.70. The summed E-state index contributed by atoms with van der Waals surface area (Å²) >= 11 is 6.81. The molecule has 1 fully saturated rings. The van der Waals surface area contributed by atoms with Gasteiger partial charge in [0.25, 0.3) is 0 Å².